The molecule has 0 aromatic heterocycles. The lowest BCUT2D eigenvalue weighted by Gasteiger charge is -2.21. The largest absolute Gasteiger partial charge is 0.326 e. The van der Waals surface area contributed by atoms with E-state index in [4.69, 9.17) is 0 Å². The predicted octanol–water partition coefficient (Wildman–Crippen LogP) is 4.35. The minimum Gasteiger partial charge on any atom is -0.326 e. The highest BCUT2D eigenvalue weighted by atomic mass is 16.2. The minimum atomic E-state index is -0.0276. The summed E-state index contributed by atoms with van der Waals surface area (Å²) in [6, 6.07) is 12.4. The first kappa shape index (κ1) is 21.1. The van der Waals surface area contributed by atoms with E-state index in [9.17, 15) is 9.59 Å². The summed E-state index contributed by atoms with van der Waals surface area (Å²) in [7, 11) is 0. The lowest BCUT2D eigenvalue weighted by Crippen LogP contribution is -2.37. The van der Waals surface area contributed by atoms with Crippen LogP contribution in [-0.4, -0.2) is 35.8 Å². The average molecular weight is 394 g/mol. The molecule has 2 N–H and O–H groups in total. The molecule has 0 heterocycles. The number of aryl methyl sites for hydroxylation is 4. The molecule has 0 unspecified atom stereocenters. The highest BCUT2D eigenvalue weighted by molar-refractivity contribution is 5.93. The molecule has 2 aromatic rings. The van der Waals surface area contributed by atoms with Gasteiger partial charge in [-0.2, -0.15) is 0 Å². The van der Waals surface area contributed by atoms with Gasteiger partial charge in [-0.3, -0.25) is 14.5 Å². The van der Waals surface area contributed by atoms with Crippen LogP contribution in [0.5, 0.6) is 0 Å². The van der Waals surface area contributed by atoms with E-state index in [1.165, 1.54) is 5.56 Å². The van der Waals surface area contributed by atoms with E-state index in [1.54, 1.807) is 0 Å². The van der Waals surface area contributed by atoms with Crippen molar-refractivity contribution in [1.82, 2.24) is 4.90 Å². The summed E-state index contributed by atoms with van der Waals surface area (Å²) in [4.78, 5) is 27.1. The Morgan fingerprint density at radius 1 is 0.897 bits per heavy atom. The molecule has 154 valence electrons. The van der Waals surface area contributed by atoms with Crippen LogP contribution in [0.25, 0.3) is 0 Å². The van der Waals surface area contributed by atoms with E-state index in [-0.39, 0.29) is 11.8 Å². The Morgan fingerprint density at radius 2 is 1.62 bits per heavy atom. The van der Waals surface area contributed by atoms with Gasteiger partial charge in [-0.05, 0) is 81.0 Å². The highest BCUT2D eigenvalue weighted by Crippen LogP contribution is 2.27. The van der Waals surface area contributed by atoms with Crippen LogP contribution in [0.2, 0.25) is 0 Å². The maximum atomic E-state index is 12.6. The molecule has 0 saturated heterocycles. The maximum absolute atomic E-state index is 12.6. The first-order chi connectivity index (χ1) is 13.8. The van der Waals surface area contributed by atoms with Crippen LogP contribution in [0.4, 0.5) is 11.4 Å². The SMILES string of the molecule is Cc1ccc(C)c(NC(=O)CN(CCC(=O)Nc2ccc(C)c(C)c2)C2CC2)c1. The number of carbonyl (C=O) groups excluding carboxylic acids is 2. The number of rotatable bonds is 8. The second-order valence-corrected chi connectivity index (χ2v) is 8.17. The van der Waals surface area contributed by atoms with Crippen LogP contribution < -0.4 is 10.6 Å². The van der Waals surface area contributed by atoms with E-state index < -0.39 is 0 Å². The fourth-order valence-electron chi connectivity index (χ4n) is 3.36. The van der Waals surface area contributed by atoms with Crippen molar-refractivity contribution in [2.24, 2.45) is 0 Å². The Kier molecular flexibility index (Phi) is 6.70. The van der Waals surface area contributed by atoms with Crippen LogP contribution >= 0.6 is 0 Å². The molecule has 1 fully saturated rings. The molecule has 5 heteroatoms. The van der Waals surface area contributed by atoms with Crippen molar-refractivity contribution < 1.29 is 9.59 Å². The Bertz CT molecular complexity index is 903. The summed E-state index contributed by atoms with van der Waals surface area (Å²) in [6.07, 6.45) is 2.56. The van der Waals surface area contributed by atoms with Crippen LogP contribution in [0.15, 0.2) is 36.4 Å². The zero-order valence-corrected chi connectivity index (χ0v) is 17.8. The molecule has 0 radical (unpaired) electrons. The molecule has 5 nitrogen and oxygen atoms in total. The molecule has 0 spiro atoms. The zero-order valence-electron chi connectivity index (χ0n) is 17.8. The summed E-state index contributed by atoms with van der Waals surface area (Å²) in [5.41, 5.74) is 6.22. The monoisotopic (exact) mass is 393 g/mol. The summed E-state index contributed by atoms with van der Waals surface area (Å²) in [6.45, 7) is 8.99. The first-order valence-corrected chi connectivity index (χ1v) is 10.3. The Labute approximate surface area is 173 Å². The first-order valence-electron chi connectivity index (χ1n) is 10.3. The van der Waals surface area contributed by atoms with Gasteiger partial charge in [0.05, 0.1) is 6.54 Å². The van der Waals surface area contributed by atoms with Gasteiger partial charge in [0.25, 0.3) is 0 Å². The Balaban J connectivity index is 1.52. The van der Waals surface area contributed by atoms with Gasteiger partial charge in [-0.1, -0.05) is 18.2 Å². The molecule has 2 amide bonds. The van der Waals surface area contributed by atoms with E-state index >= 15 is 0 Å². The van der Waals surface area contributed by atoms with Crippen molar-refractivity contribution >= 4 is 23.2 Å². The quantitative estimate of drug-likeness (QED) is 0.701. The van der Waals surface area contributed by atoms with Crippen molar-refractivity contribution in [2.45, 2.75) is 53.0 Å². The van der Waals surface area contributed by atoms with Gasteiger partial charge >= 0.3 is 0 Å². The molecular formula is C24H31N3O2. The van der Waals surface area contributed by atoms with Gasteiger partial charge in [0, 0.05) is 30.4 Å². The molecule has 1 aliphatic rings. The molecule has 2 aromatic carbocycles. The number of amides is 2. The lowest BCUT2D eigenvalue weighted by molar-refractivity contribution is -0.119. The summed E-state index contributed by atoms with van der Waals surface area (Å²) < 4.78 is 0. The molecule has 0 aliphatic heterocycles. The minimum absolute atomic E-state index is 0.0196. The van der Waals surface area contributed by atoms with Crippen LogP contribution in [0.3, 0.4) is 0 Å². The zero-order chi connectivity index (χ0) is 21.0. The molecule has 0 atom stereocenters. The number of nitrogens with zero attached hydrogens (tertiary/aromatic N) is 1. The fourth-order valence-corrected chi connectivity index (χ4v) is 3.36. The Hall–Kier alpha value is -2.66. The van der Waals surface area contributed by atoms with Crippen LogP contribution in [0.1, 0.15) is 41.5 Å². The number of hydrogen-bond donors (Lipinski definition) is 2. The van der Waals surface area contributed by atoms with E-state index in [2.05, 4.69) is 22.5 Å². The third-order valence-electron chi connectivity index (χ3n) is 5.49. The van der Waals surface area contributed by atoms with Crippen molar-refractivity contribution in [2.75, 3.05) is 23.7 Å². The van der Waals surface area contributed by atoms with E-state index in [0.29, 0.717) is 25.6 Å². The Morgan fingerprint density at radius 3 is 2.31 bits per heavy atom. The molecule has 1 saturated carbocycles. The number of benzene rings is 2. The molecular weight excluding hydrogens is 362 g/mol. The fraction of sp³-hybridized carbons (Fsp3) is 0.417. The van der Waals surface area contributed by atoms with Gasteiger partial charge in [0.1, 0.15) is 0 Å². The van der Waals surface area contributed by atoms with Crippen LogP contribution in [0, 0.1) is 27.7 Å². The van der Waals surface area contributed by atoms with Gasteiger partial charge < -0.3 is 10.6 Å². The van der Waals surface area contributed by atoms with Crippen LogP contribution in [-0.2, 0) is 9.59 Å². The third kappa shape index (κ3) is 6.16. The number of hydrogen-bond acceptors (Lipinski definition) is 3. The smallest absolute Gasteiger partial charge is 0.238 e. The second kappa shape index (κ2) is 9.23. The van der Waals surface area contributed by atoms with Gasteiger partial charge in [-0.15, -0.1) is 0 Å². The van der Waals surface area contributed by atoms with Crippen molar-refractivity contribution in [3.05, 3.63) is 58.7 Å². The molecule has 1 aliphatic carbocycles. The van der Waals surface area contributed by atoms with Gasteiger partial charge in [-0.25, -0.2) is 0 Å². The topological polar surface area (TPSA) is 61.4 Å². The third-order valence-corrected chi connectivity index (χ3v) is 5.49. The standard InChI is InChI=1S/C24H31N3O2/c1-16-5-6-18(3)22(13-16)26-24(29)15-27(21-9-10-21)12-11-23(28)25-20-8-7-17(2)19(4)14-20/h5-8,13-14,21H,9-12,15H2,1-4H3,(H,25,28)(H,26,29). The highest BCUT2D eigenvalue weighted by Gasteiger charge is 2.30. The second-order valence-electron chi connectivity index (χ2n) is 8.17. The predicted molar refractivity (Wildman–Crippen MR) is 118 cm³/mol. The normalized spacial score (nSPS) is 13.4. The number of nitrogens with one attached hydrogen (secondary N) is 2. The number of carbonyl (C=O) groups is 2. The van der Waals surface area contributed by atoms with Gasteiger partial charge in [0.2, 0.25) is 11.8 Å². The van der Waals surface area contributed by atoms with Crippen molar-refractivity contribution in [3.8, 4) is 0 Å². The summed E-state index contributed by atoms with van der Waals surface area (Å²) in [5, 5.41) is 5.99. The van der Waals surface area contributed by atoms with E-state index in [1.807, 2.05) is 57.2 Å². The van der Waals surface area contributed by atoms with Crippen molar-refractivity contribution in [1.29, 1.82) is 0 Å². The summed E-state index contributed by atoms with van der Waals surface area (Å²) >= 11 is 0. The lowest BCUT2D eigenvalue weighted by atomic mass is 10.1. The average Bonchev–Trinajstić information content (AvgIpc) is 3.50. The molecule has 3 rings (SSSR count). The van der Waals surface area contributed by atoms with Gasteiger partial charge in [0.15, 0.2) is 0 Å². The number of anilines is 2. The summed E-state index contributed by atoms with van der Waals surface area (Å²) in [5.74, 6) is -0.0472. The molecule has 0 bridgehead atoms. The maximum Gasteiger partial charge on any atom is 0.238 e. The van der Waals surface area contributed by atoms with Crippen molar-refractivity contribution in [3.63, 3.8) is 0 Å². The molecule has 29 heavy (non-hydrogen) atoms. The van der Waals surface area contributed by atoms with E-state index in [0.717, 1.165) is 40.9 Å².